The standard InChI is InChI=1S/C18H28N2O5/c1-10-12(16(23)20(5)15(10)22)14(21)13(11-8-6-7-9-11)19-17(24)25-18(2,3)4/h10-13H,6-9H2,1-5H3,(H,19,24)/t10-,12+,13?/m0/s1. The summed E-state index contributed by atoms with van der Waals surface area (Å²) in [5.74, 6) is -2.98. The third-order valence-electron chi connectivity index (χ3n) is 4.97. The monoisotopic (exact) mass is 352 g/mol. The maximum Gasteiger partial charge on any atom is 0.408 e. The van der Waals surface area contributed by atoms with Gasteiger partial charge in [-0.3, -0.25) is 19.3 Å². The molecular formula is C18H28N2O5. The average Bonchev–Trinajstić information content (AvgIpc) is 3.08. The molecule has 7 nitrogen and oxygen atoms in total. The van der Waals surface area contributed by atoms with Gasteiger partial charge in [-0.1, -0.05) is 19.8 Å². The van der Waals surface area contributed by atoms with Gasteiger partial charge in [0.05, 0.1) is 12.0 Å². The van der Waals surface area contributed by atoms with E-state index in [-0.39, 0.29) is 17.6 Å². The zero-order valence-electron chi connectivity index (χ0n) is 15.6. The molecule has 1 aliphatic heterocycles. The highest BCUT2D eigenvalue weighted by Crippen LogP contribution is 2.33. The highest BCUT2D eigenvalue weighted by atomic mass is 16.6. The number of carbonyl (C=O) groups is 4. The predicted octanol–water partition coefficient (Wildman–Crippen LogP) is 1.89. The molecule has 1 N–H and O–H groups in total. The van der Waals surface area contributed by atoms with Crippen LogP contribution in [-0.2, 0) is 19.1 Å². The zero-order chi connectivity index (χ0) is 18.9. The Morgan fingerprint density at radius 2 is 1.72 bits per heavy atom. The van der Waals surface area contributed by atoms with Crippen molar-refractivity contribution in [3.05, 3.63) is 0 Å². The van der Waals surface area contributed by atoms with Gasteiger partial charge in [-0.25, -0.2) is 4.79 Å². The van der Waals surface area contributed by atoms with Crippen LogP contribution >= 0.6 is 0 Å². The molecule has 3 atom stereocenters. The van der Waals surface area contributed by atoms with Crippen molar-refractivity contribution in [1.29, 1.82) is 0 Å². The lowest BCUT2D eigenvalue weighted by atomic mass is 9.83. The van der Waals surface area contributed by atoms with Crippen LogP contribution in [-0.4, -0.2) is 47.3 Å². The maximum absolute atomic E-state index is 13.1. The lowest BCUT2D eigenvalue weighted by Gasteiger charge is -2.28. The quantitative estimate of drug-likeness (QED) is 0.616. The summed E-state index contributed by atoms with van der Waals surface area (Å²) in [4.78, 5) is 50.6. The van der Waals surface area contributed by atoms with Crippen molar-refractivity contribution in [2.75, 3.05) is 7.05 Å². The largest absolute Gasteiger partial charge is 0.444 e. The van der Waals surface area contributed by atoms with Gasteiger partial charge >= 0.3 is 6.09 Å². The van der Waals surface area contributed by atoms with Gasteiger partial charge in [0.25, 0.3) is 0 Å². The van der Waals surface area contributed by atoms with Crippen molar-refractivity contribution in [2.45, 2.75) is 65.0 Å². The Hall–Kier alpha value is -1.92. The summed E-state index contributed by atoms with van der Waals surface area (Å²) in [5.41, 5.74) is -0.681. The number of likely N-dealkylation sites (tertiary alicyclic amines) is 1. The summed E-state index contributed by atoms with van der Waals surface area (Å²) in [6.45, 7) is 6.82. The van der Waals surface area contributed by atoms with E-state index in [0.717, 1.165) is 30.6 Å². The molecule has 1 saturated heterocycles. The number of amides is 3. The van der Waals surface area contributed by atoms with Crippen molar-refractivity contribution >= 4 is 23.7 Å². The summed E-state index contributed by atoms with van der Waals surface area (Å²) in [6, 6.07) is -0.798. The Morgan fingerprint density at radius 3 is 2.16 bits per heavy atom. The highest BCUT2D eigenvalue weighted by molar-refractivity contribution is 6.16. The number of nitrogens with zero attached hydrogens (tertiary/aromatic N) is 1. The third-order valence-corrected chi connectivity index (χ3v) is 4.97. The van der Waals surface area contributed by atoms with Crippen molar-refractivity contribution in [1.82, 2.24) is 10.2 Å². The molecule has 0 aromatic rings. The molecule has 3 amide bonds. The topological polar surface area (TPSA) is 92.8 Å². The molecule has 1 heterocycles. The molecule has 0 bridgehead atoms. The molecule has 1 aliphatic carbocycles. The lowest BCUT2D eigenvalue weighted by molar-refractivity contribution is -0.140. The molecule has 2 aliphatic rings. The van der Waals surface area contributed by atoms with E-state index in [9.17, 15) is 19.2 Å². The number of hydrogen-bond acceptors (Lipinski definition) is 5. The molecule has 0 spiro atoms. The molecule has 140 valence electrons. The third kappa shape index (κ3) is 4.19. The smallest absolute Gasteiger partial charge is 0.408 e. The molecular weight excluding hydrogens is 324 g/mol. The second-order valence-corrected chi connectivity index (χ2v) is 8.07. The number of carbonyl (C=O) groups excluding carboxylic acids is 4. The first-order chi connectivity index (χ1) is 11.5. The average molecular weight is 352 g/mol. The SMILES string of the molecule is C[C@@H]1C(=O)N(C)C(=O)[C@H]1C(=O)C(NC(=O)OC(C)(C)C)C1CCCC1. The van der Waals surface area contributed by atoms with Gasteiger partial charge in [-0.2, -0.15) is 0 Å². The van der Waals surface area contributed by atoms with Crippen LogP contribution in [0.5, 0.6) is 0 Å². The van der Waals surface area contributed by atoms with Crippen molar-refractivity contribution in [3.8, 4) is 0 Å². The summed E-state index contributed by atoms with van der Waals surface area (Å²) < 4.78 is 5.27. The summed E-state index contributed by atoms with van der Waals surface area (Å²) in [6.07, 6.45) is 2.92. The highest BCUT2D eigenvalue weighted by Gasteiger charge is 2.50. The number of rotatable bonds is 4. The zero-order valence-corrected chi connectivity index (χ0v) is 15.6. The molecule has 25 heavy (non-hydrogen) atoms. The van der Waals surface area contributed by atoms with E-state index in [1.165, 1.54) is 7.05 Å². The van der Waals surface area contributed by atoms with Crippen LogP contribution in [0, 0.1) is 17.8 Å². The summed E-state index contributed by atoms with van der Waals surface area (Å²) in [7, 11) is 1.39. The number of ether oxygens (including phenoxy) is 1. The van der Waals surface area contributed by atoms with Gasteiger partial charge < -0.3 is 10.1 Å². The van der Waals surface area contributed by atoms with Gasteiger partial charge in [-0.05, 0) is 39.5 Å². The van der Waals surface area contributed by atoms with Crippen molar-refractivity contribution in [2.24, 2.45) is 17.8 Å². The van der Waals surface area contributed by atoms with E-state index < -0.39 is 35.5 Å². The van der Waals surface area contributed by atoms with Crippen LogP contribution in [0.2, 0.25) is 0 Å². The Kier molecular flexibility index (Phi) is 5.54. The van der Waals surface area contributed by atoms with Gasteiger partial charge in [0, 0.05) is 7.05 Å². The number of alkyl carbamates (subject to hydrolysis) is 1. The van der Waals surface area contributed by atoms with Gasteiger partial charge in [0.2, 0.25) is 11.8 Å². The lowest BCUT2D eigenvalue weighted by Crippen LogP contribution is -2.50. The van der Waals surface area contributed by atoms with Crippen LogP contribution in [0.4, 0.5) is 4.79 Å². The fourth-order valence-corrected chi connectivity index (χ4v) is 3.69. The van der Waals surface area contributed by atoms with Crippen LogP contribution in [0.3, 0.4) is 0 Å². The van der Waals surface area contributed by atoms with Crippen molar-refractivity contribution in [3.63, 3.8) is 0 Å². The van der Waals surface area contributed by atoms with Crippen LogP contribution in [0.15, 0.2) is 0 Å². The Bertz CT molecular complexity index is 575. The number of hydrogen-bond donors (Lipinski definition) is 1. The minimum absolute atomic E-state index is 0.0268. The van der Waals surface area contributed by atoms with Crippen LogP contribution in [0.25, 0.3) is 0 Å². The number of ketones is 1. The molecule has 2 fully saturated rings. The van der Waals surface area contributed by atoms with E-state index in [1.54, 1.807) is 27.7 Å². The van der Waals surface area contributed by atoms with E-state index in [4.69, 9.17) is 4.74 Å². The molecule has 0 aromatic carbocycles. The van der Waals surface area contributed by atoms with Crippen molar-refractivity contribution < 1.29 is 23.9 Å². The Labute approximate surface area is 148 Å². The second kappa shape index (κ2) is 7.14. The van der Waals surface area contributed by atoms with E-state index in [1.807, 2.05) is 0 Å². The van der Waals surface area contributed by atoms with Crippen LogP contribution in [0.1, 0.15) is 53.4 Å². The fraction of sp³-hybridized carbons (Fsp3) is 0.778. The first-order valence-electron chi connectivity index (χ1n) is 8.87. The fourth-order valence-electron chi connectivity index (χ4n) is 3.69. The minimum atomic E-state index is -1.03. The van der Waals surface area contributed by atoms with E-state index in [2.05, 4.69) is 5.32 Å². The molecule has 1 unspecified atom stereocenters. The number of Topliss-reactive ketones (excluding diaryl/α,β-unsaturated/α-hetero) is 1. The first-order valence-corrected chi connectivity index (χ1v) is 8.87. The van der Waals surface area contributed by atoms with Crippen LogP contribution < -0.4 is 5.32 Å². The molecule has 7 heteroatoms. The van der Waals surface area contributed by atoms with Gasteiger partial charge in [0.1, 0.15) is 11.5 Å². The first kappa shape index (κ1) is 19.4. The Balaban J connectivity index is 2.20. The number of nitrogens with one attached hydrogen (secondary N) is 1. The van der Waals surface area contributed by atoms with Gasteiger partial charge in [-0.15, -0.1) is 0 Å². The molecule has 1 saturated carbocycles. The minimum Gasteiger partial charge on any atom is -0.444 e. The maximum atomic E-state index is 13.1. The second-order valence-electron chi connectivity index (χ2n) is 8.07. The molecule has 2 rings (SSSR count). The predicted molar refractivity (Wildman–Crippen MR) is 90.6 cm³/mol. The summed E-state index contributed by atoms with van der Waals surface area (Å²) >= 11 is 0. The van der Waals surface area contributed by atoms with E-state index in [0.29, 0.717) is 0 Å². The number of imide groups is 1. The normalized spacial score (nSPS) is 26.0. The Morgan fingerprint density at radius 1 is 1.16 bits per heavy atom. The summed E-state index contributed by atoms with van der Waals surface area (Å²) in [5, 5.41) is 2.67. The molecule has 0 radical (unpaired) electrons. The molecule has 0 aromatic heterocycles. The van der Waals surface area contributed by atoms with Gasteiger partial charge in [0.15, 0.2) is 5.78 Å². The van der Waals surface area contributed by atoms with E-state index >= 15 is 0 Å².